The van der Waals surface area contributed by atoms with Gasteiger partial charge in [-0.05, 0) is 37.5 Å². The van der Waals surface area contributed by atoms with Gasteiger partial charge in [0.15, 0.2) is 0 Å². The maximum Gasteiger partial charge on any atom is 0.313 e. The molecule has 0 heterocycles. The second-order valence-electron chi connectivity index (χ2n) is 5.86. The summed E-state index contributed by atoms with van der Waals surface area (Å²) in [6, 6.07) is 0. The molecule has 18 heavy (non-hydrogen) atoms. The van der Waals surface area contributed by atoms with Crippen LogP contribution in [-0.2, 0) is 14.3 Å². The summed E-state index contributed by atoms with van der Waals surface area (Å²) in [7, 11) is 1.31. The van der Waals surface area contributed by atoms with Gasteiger partial charge in [0.25, 0.3) is 0 Å². The number of allylic oxidation sites excluding steroid dienone is 2. The third-order valence-corrected chi connectivity index (χ3v) is 4.03. The summed E-state index contributed by atoms with van der Waals surface area (Å²) in [6.45, 7) is 6.67. The number of carbonyl (C=O) groups is 2. The quantitative estimate of drug-likeness (QED) is 0.428. The molecule has 0 spiro atoms. The van der Waals surface area contributed by atoms with Crippen LogP contribution in [0.1, 0.15) is 52.9 Å². The van der Waals surface area contributed by atoms with Gasteiger partial charge in [0.2, 0.25) is 0 Å². The molecule has 0 saturated heterocycles. The fourth-order valence-corrected chi connectivity index (χ4v) is 2.85. The van der Waals surface area contributed by atoms with Crippen LogP contribution in [0.4, 0.5) is 0 Å². The normalized spacial score (nSPS) is 22.2. The summed E-state index contributed by atoms with van der Waals surface area (Å²) in [4.78, 5) is 22.7. The number of hydrogen-bond acceptors (Lipinski definition) is 3. The molecule has 102 valence electrons. The van der Waals surface area contributed by atoms with Gasteiger partial charge < -0.3 is 4.74 Å². The van der Waals surface area contributed by atoms with Crippen LogP contribution in [-0.4, -0.2) is 18.9 Å². The number of methoxy groups -OCH3 is 1. The third-order valence-electron chi connectivity index (χ3n) is 4.03. The average molecular weight is 252 g/mol. The van der Waals surface area contributed by atoms with Crippen LogP contribution in [0, 0.1) is 11.3 Å². The Hall–Kier alpha value is -1.12. The third kappa shape index (κ3) is 3.97. The van der Waals surface area contributed by atoms with Crippen LogP contribution in [0.2, 0.25) is 0 Å². The lowest BCUT2D eigenvalue weighted by molar-refractivity contribution is -0.143. The van der Waals surface area contributed by atoms with Crippen LogP contribution in [0.5, 0.6) is 0 Å². The summed E-state index contributed by atoms with van der Waals surface area (Å²) in [5.41, 5.74) is 1.64. The fraction of sp³-hybridized carbons (Fsp3) is 0.733. The lowest BCUT2D eigenvalue weighted by atomic mass is 9.67. The Bertz CT molecular complexity index is 353. The monoisotopic (exact) mass is 252 g/mol. The lowest BCUT2D eigenvalue weighted by Crippen LogP contribution is -2.28. The van der Waals surface area contributed by atoms with E-state index < -0.39 is 5.97 Å². The fourth-order valence-electron chi connectivity index (χ4n) is 2.85. The van der Waals surface area contributed by atoms with E-state index in [1.54, 1.807) is 0 Å². The highest BCUT2D eigenvalue weighted by Crippen LogP contribution is 2.43. The molecule has 0 radical (unpaired) electrons. The summed E-state index contributed by atoms with van der Waals surface area (Å²) in [5, 5.41) is 0. The lowest BCUT2D eigenvalue weighted by Gasteiger charge is -2.38. The van der Waals surface area contributed by atoms with Crippen molar-refractivity contribution >= 4 is 11.8 Å². The number of esters is 1. The number of carbonyl (C=O) groups excluding carboxylic acids is 2. The van der Waals surface area contributed by atoms with E-state index in [4.69, 9.17) is 0 Å². The van der Waals surface area contributed by atoms with Crippen molar-refractivity contribution in [2.75, 3.05) is 7.11 Å². The van der Waals surface area contributed by atoms with Crippen LogP contribution in [0.15, 0.2) is 11.6 Å². The number of ketones is 1. The molecule has 1 aliphatic rings. The van der Waals surface area contributed by atoms with Crippen LogP contribution in [0.3, 0.4) is 0 Å². The molecule has 0 amide bonds. The summed E-state index contributed by atoms with van der Waals surface area (Å²) < 4.78 is 4.50. The summed E-state index contributed by atoms with van der Waals surface area (Å²) in [6.07, 6.45) is 5.79. The molecule has 0 bridgehead atoms. The molecule has 0 saturated carbocycles. The molecule has 1 rings (SSSR count). The van der Waals surface area contributed by atoms with Gasteiger partial charge in [-0.2, -0.15) is 0 Å². The number of hydrogen-bond donors (Lipinski definition) is 0. The molecule has 1 unspecified atom stereocenters. The van der Waals surface area contributed by atoms with Gasteiger partial charge in [-0.1, -0.05) is 25.5 Å². The van der Waals surface area contributed by atoms with Crippen molar-refractivity contribution < 1.29 is 14.3 Å². The van der Waals surface area contributed by atoms with Crippen molar-refractivity contribution in [1.82, 2.24) is 0 Å². The summed E-state index contributed by atoms with van der Waals surface area (Å²) >= 11 is 0. The molecule has 1 aliphatic carbocycles. The van der Waals surface area contributed by atoms with Gasteiger partial charge in [-0.25, -0.2) is 0 Å². The zero-order valence-electron chi connectivity index (χ0n) is 11.9. The predicted octanol–water partition coefficient (Wildman–Crippen LogP) is 3.28. The smallest absolute Gasteiger partial charge is 0.313 e. The second kappa shape index (κ2) is 6.17. The van der Waals surface area contributed by atoms with E-state index in [2.05, 4.69) is 31.6 Å². The number of rotatable bonds is 5. The molecule has 0 aliphatic heterocycles. The van der Waals surface area contributed by atoms with Gasteiger partial charge in [0.05, 0.1) is 7.11 Å². The Kier molecular flexibility index (Phi) is 5.12. The molecule has 3 heteroatoms. The largest absolute Gasteiger partial charge is 0.469 e. The van der Waals surface area contributed by atoms with Crippen LogP contribution < -0.4 is 0 Å². The Morgan fingerprint density at radius 3 is 2.67 bits per heavy atom. The first kappa shape index (κ1) is 14.9. The van der Waals surface area contributed by atoms with E-state index in [1.807, 2.05) is 0 Å². The minimum Gasteiger partial charge on any atom is -0.469 e. The zero-order valence-corrected chi connectivity index (χ0v) is 11.9. The minimum absolute atomic E-state index is 0.0176. The predicted molar refractivity (Wildman–Crippen MR) is 71.1 cm³/mol. The van der Waals surface area contributed by atoms with Crippen molar-refractivity contribution in [1.29, 1.82) is 0 Å². The van der Waals surface area contributed by atoms with Crippen molar-refractivity contribution in [3.05, 3.63) is 11.6 Å². The first-order valence-electron chi connectivity index (χ1n) is 6.62. The molecule has 3 nitrogen and oxygen atoms in total. The first-order valence-corrected chi connectivity index (χ1v) is 6.62. The van der Waals surface area contributed by atoms with E-state index >= 15 is 0 Å². The van der Waals surface area contributed by atoms with E-state index in [-0.39, 0.29) is 17.6 Å². The molecular weight excluding hydrogens is 228 g/mol. The summed E-state index contributed by atoms with van der Waals surface area (Å²) in [5.74, 6) is -0.000890. The van der Waals surface area contributed by atoms with Gasteiger partial charge >= 0.3 is 5.97 Å². The Morgan fingerprint density at radius 2 is 2.11 bits per heavy atom. The second-order valence-corrected chi connectivity index (χ2v) is 5.86. The molecule has 0 N–H and O–H groups in total. The van der Waals surface area contributed by atoms with Gasteiger partial charge in [-0.15, -0.1) is 0 Å². The van der Waals surface area contributed by atoms with Crippen LogP contribution in [0.25, 0.3) is 0 Å². The molecule has 0 aromatic rings. The van der Waals surface area contributed by atoms with Crippen LogP contribution >= 0.6 is 0 Å². The minimum atomic E-state index is -0.435. The number of ether oxygens (including phenoxy) is 1. The van der Waals surface area contributed by atoms with Crippen molar-refractivity contribution in [2.24, 2.45) is 11.3 Å². The standard InChI is InChI=1S/C15H24O3/c1-11-6-5-9-15(2,3)13(11)8-7-12(16)10-14(17)18-4/h6,13H,5,7-10H2,1-4H3. The Balaban J connectivity index is 2.51. The van der Waals surface area contributed by atoms with Gasteiger partial charge in [-0.3, -0.25) is 9.59 Å². The maximum absolute atomic E-state index is 11.7. The molecule has 0 aromatic carbocycles. The number of Topliss-reactive ketones (excluding diaryl/α,β-unsaturated/α-hetero) is 1. The highest BCUT2D eigenvalue weighted by molar-refractivity contribution is 5.95. The van der Waals surface area contributed by atoms with Crippen molar-refractivity contribution in [3.63, 3.8) is 0 Å². The molecule has 1 atom stereocenters. The van der Waals surface area contributed by atoms with Crippen molar-refractivity contribution in [3.8, 4) is 0 Å². The topological polar surface area (TPSA) is 43.4 Å². The molecule has 0 fully saturated rings. The highest BCUT2D eigenvalue weighted by atomic mass is 16.5. The van der Waals surface area contributed by atoms with E-state index in [0.29, 0.717) is 12.3 Å². The van der Waals surface area contributed by atoms with Crippen molar-refractivity contribution in [2.45, 2.75) is 52.9 Å². The van der Waals surface area contributed by atoms with Gasteiger partial charge in [0, 0.05) is 6.42 Å². The Morgan fingerprint density at radius 1 is 1.44 bits per heavy atom. The molecular formula is C15H24O3. The Labute approximate surface area is 110 Å². The SMILES string of the molecule is COC(=O)CC(=O)CCC1C(C)=CCCC1(C)C. The first-order chi connectivity index (χ1) is 8.36. The zero-order chi connectivity index (χ0) is 13.8. The average Bonchev–Trinajstić information content (AvgIpc) is 2.27. The van der Waals surface area contributed by atoms with E-state index in [9.17, 15) is 9.59 Å². The maximum atomic E-state index is 11.7. The van der Waals surface area contributed by atoms with E-state index in [0.717, 1.165) is 12.8 Å². The molecule has 0 aromatic heterocycles. The van der Waals surface area contributed by atoms with E-state index in [1.165, 1.54) is 19.1 Å². The highest BCUT2D eigenvalue weighted by Gasteiger charge is 2.32. The van der Waals surface area contributed by atoms with Gasteiger partial charge in [0.1, 0.15) is 12.2 Å².